The van der Waals surface area contributed by atoms with Crippen molar-refractivity contribution in [2.24, 2.45) is 0 Å². The molecule has 0 aliphatic heterocycles. The van der Waals surface area contributed by atoms with E-state index in [1.165, 1.54) is 11.9 Å². The van der Waals surface area contributed by atoms with Crippen LogP contribution in [0.3, 0.4) is 0 Å². The van der Waals surface area contributed by atoms with Gasteiger partial charge < -0.3 is 14.4 Å². The summed E-state index contributed by atoms with van der Waals surface area (Å²) in [6, 6.07) is 5.95. The van der Waals surface area contributed by atoms with Crippen molar-refractivity contribution < 1.29 is 4.74 Å². The minimum absolute atomic E-state index is 0.572. The van der Waals surface area contributed by atoms with Crippen molar-refractivity contribution in [1.29, 1.82) is 5.26 Å². The van der Waals surface area contributed by atoms with Crippen LogP contribution < -0.4 is 9.46 Å². The van der Waals surface area contributed by atoms with E-state index in [4.69, 9.17) is 10.00 Å². The van der Waals surface area contributed by atoms with E-state index in [-0.39, 0.29) is 0 Å². The van der Waals surface area contributed by atoms with Gasteiger partial charge in [0.05, 0.1) is 41.0 Å². The number of anilines is 1. The zero-order chi connectivity index (χ0) is 13.9. The summed E-state index contributed by atoms with van der Waals surface area (Å²) in [6.45, 7) is 0. The number of H-pyrrole nitrogens is 1. The molecular formula is C13H10N4OS2. The lowest BCUT2D eigenvalue weighted by atomic mass is 10.1. The van der Waals surface area contributed by atoms with Crippen LogP contribution in [0.1, 0.15) is 5.56 Å². The summed E-state index contributed by atoms with van der Waals surface area (Å²) in [5.41, 5.74) is 4.12. The van der Waals surface area contributed by atoms with Crippen LogP contribution in [0.5, 0.6) is 5.75 Å². The van der Waals surface area contributed by atoms with Gasteiger partial charge in [-0.25, -0.2) is 0 Å². The summed E-state index contributed by atoms with van der Waals surface area (Å²) >= 11 is 3.05. The van der Waals surface area contributed by atoms with Gasteiger partial charge in [0.15, 0.2) is 0 Å². The van der Waals surface area contributed by atoms with Crippen LogP contribution in [0.15, 0.2) is 34.2 Å². The number of ether oxygens (including phenoxy) is 1. The van der Waals surface area contributed by atoms with Crippen molar-refractivity contribution in [3.63, 3.8) is 0 Å². The third-order valence-electron chi connectivity index (χ3n) is 2.81. The van der Waals surface area contributed by atoms with Gasteiger partial charge >= 0.3 is 0 Å². The van der Waals surface area contributed by atoms with Gasteiger partial charge in [-0.05, 0) is 24.1 Å². The van der Waals surface area contributed by atoms with Crippen LogP contribution in [-0.2, 0) is 0 Å². The summed E-state index contributed by atoms with van der Waals surface area (Å²) in [7, 11) is 1.60. The first-order chi connectivity index (χ1) is 9.83. The van der Waals surface area contributed by atoms with Crippen molar-refractivity contribution in [2.75, 3.05) is 11.8 Å². The molecule has 0 atom stereocenters. The van der Waals surface area contributed by atoms with E-state index in [0.29, 0.717) is 11.3 Å². The van der Waals surface area contributed by atoms with Crippen molar-refractivity contribution in [2.45, 2.75) is 4.21 Å². The first-order valence-electron chi connectivity index (χ1n) is 5.73. The quantitative estimate of drug-likeness (QED) is 0.720. The normalized spacial score (nSPS) is 10.4. The predicted octanol–water partition coefficient (Wildman–Crippen LogP) is 3.62. The van der Waals surface area contributed by atoms with E-state index in [9.17, 15) is 0 Å². The Hall–Kier alpha value is -2.17. The molecule has 0 bridgehead atoms. The van der Waals surface area contributed by atoms with Crippen LogP contribution in [0.25, 0.3) is 10.9 Å². The van der Waals surface area contributed by atoms with Gasteiger partial charge in [0.1, 0.15) is 16.0 Å². The van der Waals surface area contributed by atoms with Crippen molar-refractivity contribution >= 4 is 39.9 Å². The van der Waals surface area contributed by atoms with Crippen molar-refractivity contribution in [3.8, 4) is 11.8 Å². The smallest absolute Gasteiger partial charge is 0.129 e. The number of benzene rings is 1. The standard InChI is InChI=1S/C13H10N4OS2/c1-18-10-3-2-9(17-20-11-6-15-7-19-11)13-12(10)8(4-14)5-16-13/h2-3,5-7,16-17H,1H3. The summed E-state index contributed by atoms with van der Waals surface area (Å²) in [5.74, 6) is 0.686. The Kier molecular flexibility index (Phi) is 3.50. The molecule has 0 unspecified atom stereocenters. The number of methoxy groups -OCH3 is 1. The number of nitrogens with one attached hydrogen (secondary N) is 2. The fraction of sp³-hybridized carbons (Fsp3) is 0.0769. The molecule has 0 aliphatic rings. The molecule has 1 aromatic carbocycles. The van der Waals surface area contributed by atoms with Crippen LogP contribution in [0.4, 0.5) is 5.69 Å². The highest BCUT2D eigenvalue weighted by Crippen LogP contribution is 2.35. The Morgan fingerprint density at radius 1 is 1.50 bits per heavy atom. The van der Waals surface area contributed by atoms with Gasteiger partial charge in [-0.15, -0.1) is 11.3 Å². The molecule has 3 rings (SSSR count). The number of rotatable bonds is 4. The van der Waals surface area contributed by atoms with Gasteiger partial charge in [0.2, 0.25) is 0 Å². The van der Waals surface area contributed by atoms with Gasteiger partial charge in [-0.1, -0.05) is 0 Å². The maximum absolute atomic E-state index is 9.16. The molecule has 2 heterocycles. The Balaban J connectivity index is 2.00. The second-order valence-electron chi connectivity index (χ2n) is 3.90. The number of nitriles is 1. The molecule has 0 saturated heterocycles. The molecule has 0 spiro atoms. The van der Waals surface area contributed by atoms with Crippen molar-refractivity contribution in [3.05, 3.63) is 35.6 Å². The van der Waals surface area contributed by atoms with Gasteiger partial charge in [0.25, 0.3) is 0 Å². The first-order valence-corrected chi connectivity index (χ1v) is 7.42. The number of hydrogen-bond donors (Lipinski definition) is 2. The molecule has 0 saturated carbocycles. The number of nitrogens with zero attached hydrogens (tertiary/aromatic N) is 2. The zero-order valence-corrected chi connectivity index (χ0v) is 12.1. The number of aromatic nitrogens is 2. The molecule has 0 radical (unpaired) electrons. The second-order valence-corrected chi connectivity index (χ2v) is 5.90. The fourth-order valence-corrected chi connectivity index (χ4v) is 3.21. The third kappa shape index (κ3) is 2.19. The van der Waals surface area contributed by atoms with Crippen LogP contribution in [0.2, 0.25) is 0 Å². The molecule has 2 N–H and O–H groups in total. The highest BCUT2D eigenvalue weighted by Gasteiger charge is 2.13. The Morgan fingerprint density at radius 2 is 2.40 bits per heavy atom. The molecule has 0 amide bonds. The van der Waals surface area contributed by atoms with Crippen molar-refractivity contribution in [1.82, 2.24) is 9.97 Å². The van der Waals surface area contributed by atoms with E-state index in [2.05, 4.69) is 20.8 Å². The van der Waals surface area contributed by atoms with Crippen LogP contribution >= 0.6 is 23.3 Å². The summed E-state index contributed by atoms with van der Waals surface area (Å²) in [4.78, 5) is 7.15. The molecule has 0 aliphatic carbocycles. The molecule has 3 aromatic rings. The molecule has 0 fully saturated rings. The van der Waals surface area contributed by atoms with Gasteiger partial charge in [-0.2, -0.15) is 5.26 Å². The minimum Gasteiger partial charge on any atom is -0.496 e. The summed E-state index contributed by atoms with van der Waals surface area (Å²) in [5, 5.41) is 9.95. The highest BCUT2D eigenvalue weighted by molar-refractivity contribution is 8.02. The summed E-state index contributed by atoms with van der Waals surface area (Å²) in [6.07, 6.45) is 3.49. The average Bonchev–Trinajstić information content (AvgIpc) is 3.14. The third-order valence-corrected chi connectivity index (χ3v) is 4.54. The zero-order valence-electron chi connectivity index (χ0n) is 10.5. The lowest BCUT2D eigenvalue weighted by molar-refractivity contribution is 0.420. The average molecular weight is 302 g/mol. The second kappa shape index (κ2) is 5.45. The van der Waals surface area contributed by atoms with E-state index in [1.54, 1.807) is 36.4 Å². The molecule has 100 valence electrons. The monoisotopic (exact) mass is 302 g/mol. The maximum Gasteiger partial charge on any atom is 0.129 e. The SMILES string of the molecule is COc1ccc(NSc2cncs2)c2[nH]cc(C#N)c12. The Morgan fingerprint density at radius 3 is 3.10 bits per heavy atom. The minimum atomic E-state index is 0.572. The van der Waals surface area contributed by atoms with Gasteiger partial charge in [0, 0.05) is 6.20 Å². The number of fused-ring (bicyclic) bond motifs is 1. The Bertz CT molecular complexity index is 774. The predicted molar refractivity (Wildman–Crippen MR) is 81.2 cm³/mol. The van der Waals surface area contributed by atoms with Crippen LogP contribution in [0, 0.1) is 11.3 Å². The molecule has 20 heavy (non-hydrogen) atoms. The molecule has 7 heteroatoms. The molecular weight excluding hydrogens is 292 g/mol. The molecule has 2 aromatic heterocycles. The molecule has 5 nitrogen and oxygen atoms in total. The van der Waals surface area contributed by atoms with E-state index in [0.717, 1.165) is 20.8 Å². The first kappa shape index (κ1) is 12.8. The fourth-order valence-electron chi connectivity index (χ4n) is 1.92. The van der Waals surface area contributed by atoms with E-state index in [1.807, 2.05) is 12.1 Å². The number of aromatic amines is 1. The van der Waals surface area contributed by atoms with E-state index >= 15 is 0 Å². The largest absolute Gasteiger partial charge is 0.496 e. The highest BCUT2D eigenvalue weighted by atomic mass is 32.2. The summed E-state index contributed by atoms with van der Waals surface area (Å²) < 4.78 is 9.66. The number of hydrogen-bond acceptors (Lipinski definition) is 6. The van der Waals surface area contributed by atoms with Crippen LogP contribution in [-0.4, -0.2) is 17.1 Å². The number of thiazole rings is 1. The lowest BCUT2D eigenvalue weighted by Gasteiger charge is -2.08. The lowest BCUT2D eigenvalue weighted by Crippen LogP contribution is -1.90. The maximum atomic E-state index is 9.16. The topological polar surface area (TPSA) is 73.7 Å². The van der Waals surface area contributed by atoms with Gasteiger partial charge in [-0.3, -0.25) is 4.98 Å². The van der Waals surface area contributed by atoms with E-state index < -0.39 is 0 Å². The Labute approximate surface area is 123 Å².